The molecule has 0 saturated heterocycles. The summed E-state index contributed by atoms with van der Waals surface area (Å²) in [6, 6.07) is 0. The second kappa shape index (κ2) is 8.81. The fourth-order valence-corrected chi connectivity index (χ4v) is 1.47. The summed E-state index contributed by atoms with van der Waals surface area (Å²) >= 11 is 0. The number of carbonyl (C=O) groups excluding carboxylic acids is 2. The van der Waals surface area contributed by atoms with Gasteiger partial charge in [-0.05, 0) is 12.8 Å². The lowest BCUT2D eigenvalue weighted by Gasteiger charge is -2.04. The molecule has 0 radical (unpaired) electrons. The van der Waals surface area contributed by atoms with Crippen molar-refractivity contribution in [1.82, 2.24) is 0 Å². The molecular weight excluding hydrogens is 236 g/mol. The van der Waals surface area contributed by atoms with E-state index >= 15 is 0 Å². The van der Waals surface area contributed by atoms with Gasteiger partial charge >= 0.3 is 0 Å². The Morgan fingerprint density at radius 2 is 1.00 bits per heavy atom. The molecule has 0 unspecified atom stereocenters. The third kappa shape index (κ3) is 5.77. The zero-order valence-corrected chi connectivity index (χ0v) is 10.8. The van der Waals surface area contributed by atoms with Crippen molar-refractivity contribution < 1.29 is 9.59 Å². The van der Waals surface area contributed by atoms with Crippen LogP contribution in [0.4, 0.5) is 0 Å². The maximum absolute atomic E-state index is 10.2. The Morgan fingerprint density at radius 3 is 1.16 bits per heavy atom. The lowest BCUT2D eigenvalue weighted by Crippen LogP contribution is -2.15. The van der Waals surface area contributed by atoms with Gasteiger partial charge in [0.25, 0.3) is 0 Å². The van der Waals surface area contributed by atoms with Gasteiger partial charge in [0.1, 0.15) is 18.0 Å². The molecule has 0 saturated carbocycles. The summed E-state index contributed by atoms with van der Waals surface area (Å²) in [5.74, 6) is 0. The highest BCUT2D eigenvalue weighted by Gasteiger charge is 2.23. The molecule has 19 heavy (non-hydrogen) atoms. The van der Waals surface area contributed by atoms with Crippen molar-refractivity contribution in [2.24, 2.45) is 5.41 Å². The monoisotopic (exact) mass is 254 g/mol. The number of aldehydes is 2. The van der Waals surface area contributed by atoms with E-state index in [1.807, 2.05) is 0 Å². The van der Waals surface area contributed by atoms with Gasteiger partial charge in [-0.15, -0.1) is 0 Å². The van der Waals surface area contributed by atoms with E-state index in [2.05, 4.69) is 48.6 Å². The quantitative estimate of drug-likeness (QED) is 0.558. The van der Waals surface area contributed by atoms with E-state index in [1.54, 1.807) is 24.3 Å². The zero-order valence-electron chi connectivity index (χ0n) is 10.8. The van der Waals surface area contributed by atoms with Crippen LogP contribution in [0.3, 0.4) is 0 Å². The van der Waals surface area contributed by atoms with Gasteiger partial charge in [0.05, 0.1) is 0 Å². The van der Waals surface area contributed by atoms with Crippen molar-refractivity contribution in [3.63, 3.8) is 0 Å². The van der Waals surface area contributed by atoms with E-state index < -0.39 is 5.41 Å². The van der Waals surface area contributed by atoms with Crippen LogP contribution in [-0.2, 0) is 9.59 Å². The van der Waals surface area contributed by atoms with Crippen molar-refractivity contribution in [2.75, 3.05) is 0 Å². The van der Waals surface area contributed by atoms with Crippen LogP contribution >= 0.6 is 0 Å². The Morgan fingerprint density at radius 1 is 0.632 bits per heavy atom. The van der Waals surface area contributed by atoms with Gasteiger partial charge in [-0.3, -0.25) is 0 Å². The second-order valence-corrected chi connectivity index (χ2v) is 4.14. The number of hydrogen-bond donors (Lipinski definition) is 0. The summed E-state index contributed by atoms with van der Waals surface area (Å²) in [4.78, 5) is 20.5. The fraction of sp³-hybridized carbons (Fsp3) is 0.176. The Hall–Kier alpha value is -2.22. The van der Waals surface area contributed by atoms with Crippen molar-refractivity contribution in [2.45, 2.75) is 12.8 Å². The van der Waals surface area contributed by atoms with Crippen molar-refractivity contribution in [1.29, 1.82) is 0 Å². The van der Waals surface area contributed by atoms with Gasteiger partial charge in [0.15, 0.2) is 0 Å². The predicted molar refractivity (Wildman–Crippen MR) is 78.6 cm³/mol. The van der Waals surface area contributed by atoms with Crippen LogP contribution in [-0.4, -0.2) is 12.6 Å². The van der Waals surface area contributed by atoms with Gasteiger partial charge in [-0.1, -0.05) is 72.9 Å². The average Bonchev–Trinajstić information content (AvgIpc) is 3.24. The molecule has 3 rings (SSSR count). The minimum absolute atomic E-state index is 0.625. The molecule has 0 bridgehead atoms. The molecule has 0 aromatic rings. The van der Waals surface area contributed by atoms with E-state index in [1.165, 1.54) is 0 Å². The first-order chi connectivity index (χ1) is 9.33. The van der Waals surface area contributed by atoms with Gasteiger partial charge < -0.3 is 9.59 Å². The molecule has 3 aliphatic carbocycles. The highest BCUT2D eigenvalue weighted by Crippen LogP contribution is 2.19. The first-order valence-corrected chi connectivity index (χ1v) is 6.26. The van der Waals surface area contributed by atoms with Crippen LogP contribution in [0.1, 0.15) is 12.8 Å². The zero-order chi connectivity index (χ0) is 13.8. The molecule has 0 heterocycles. The Balaban J connectivity index is 0.000000153. The highest BCUT2D eigenvalue weighted by molar-refractivity contribution is 5.90. The van der Waals surface area contributed by atoms with Gasteiger partial charge in [-0.25, -0.2) is 0 Å². The van der Waals surface area contributed by atoms with Gasteiger partial charge in [-0.2, -0.15) is 0 Å². The largest absolute Gasteiger partial charge is 0.302 e. The van der Waals surface area contributed by atoms with Crippen molar-refractivity contribution in [3.8, 4) is 0 Å². The van der Waals surface area contributed by atoms with E-state index in [0.717, 1.165) is 12.8 Å². The summed E-state index contributed by atoms with van der Waals surface area (Å²) in [7, 11) is 0. The van der Waals surface area contributed by atoms with Crippen LogP contribution in [0.5, 0.6) is 0 Å². The number of rotatable bonds is 2. The molecule has 0 aliphatic heterocycles. The molecule has 0 atom stereocenters. The van der Waals surface area contributed by atoms with Crippen LogP contribution in [0.2, 0.25) is 0 Å². The molecule has 0 N–H and O–H groups in total. The minimum Gasteiger partial charge on any atom is -0.302 e. The van der Waals surface area contributed by atoms with E-state index in [4.69, 9.17) is 0 Å². The van der Waals surface area contributed by atoms with Gasteiger partial charge in [0.2, 0.25) is 0 Å². The first-order valence-electron chi connectivity index (χ1n) is 6.26. The molecule has 2 nitrogen and oxygen atoms in total. The average molecular weight is 254 g/mol. The molecule has 0 amide bonds. The Bertz CT molecular complexity index is 396. The van der Waals surface area contributed by atoms with E-state index in [-0.39, 0.29) is 0 Å². The Kier molecular flexibility index (Phi) is 6.88. The molecule has 0 aromatic heterocycles. The highest BCUT2D eigenvalue weighted by atomic mass is 16.1. The van der Waals surface area contributed by atoms with E-state index in [9.17, 15) is 9.59 Å². The predicted octanol–water partition coefficient (Wildman–Crippen LogP) is 3.50. The molecule has 0 spiro atoms. The summed E-state index contributed by atoms with van der Waals surface area (Å²) < 4.78 is 0. The topological polar surface area (TPSA) is 34.1 Å². The first kappa shape index (κ1) is 14.8. The molecule has 0 aromatic carbocycles. The summed E-state index contributed by atoms with van der Waals surface area (Å²) in [5.41, 5.74) is -0.944. The maximum Gasteiger partial charge on any atom is 0.140 e. The SMILES string of the molecule is C1=CCC=C1.C1=CCC=C1.O=CC1(C=O)C=CC=C1. The van der Waals surface area contributed by atoms with Crippen LogP contribution in [0.15, 0.2) is 72.9 Å². The second-order valence-electron chi connectivity index (χ2n) is 4.14. The van der Waals surface area contributed by atoms with Gasteiger partial charge in [0, 0.05) is 0 Å². The molecule has 0 fully saturated rings. The van der Waals surface area contributed by atoms with Crippen molar-refractivity contribution in [3.05, 3.63) is 72.9 Å². The molecule has 2 heteroatoms. The van der Waals surface area contributed by atoms with Crippen LogP contribution < -0.4 is 0 Å². The minimum atomic E-state index is -0.944. The normalized spacial score (nSPS) is 18.7. The molecular formula is C17H18O2. The summed E-state index contributed by atoms with van der Waals surface area (Å²) in [6.07, 6.45) is 26.7. The lowest BCUT2D eigenvalue weighted by atomic mass is 9.95. The number of carbonyl (C=O) groups is 2. The van der Waals surface area contributed by atoms with Crippen molar-refractivity contribution >= 4 is 12.6 Å². The summed E-state index contributed by atoms with van der Waals surface area (Å²) in [6.45, 7) is 0. The molecule has 3 aliphatic rings. The van der Waals surface area contributed by atoms with E-state index in [0.29, 0.717) is 12.6 Å². The third-order valence-corrected chi connectivity index (χ3v) is 2.60. The maximum atomic E-state index is 10.2. The van der Waals surface area contributed by atoms with Crippen LogP contribution in [0, 0.1) is 5.41 Å². The lowest BCUT2D eigenvalue weighted by molar-refractivity contribution is -0.120. The van der Waals surface area contributed by atoms with Crippen LogP contribution in [0.25, 0.3) is 0 Å². The number of hydrogen-bond acceptors (Lipinski definition) is 2. The number of allylic oxidation sites excluding steroid dienone is 12. The third-order valence-electron chi connectivity index (χ3n) is 2.60. The summed E-state index contributed by atoms with van der Waals surface area (Å²) in [5, 5.41) is 0. The fourth-order valence-electron chi connectivity index (χ4n) is 1.47. The smallest absolute Gasteiger partial charge is 0.140 e. The standard InChI is InChI=1S/C7H6O2.2C5H6/c8-5-7(6-9)3-1-2-4-7;2*1-2-4-5-3-1/h1-6H;2*1-4H,5H2. The molecule has 98 valence electrons. The Labute approximate surface area is 114 Å².